The summed E-state index contributed by atoms with van der Waals surface area (Å²) in [5.74, 6) is -2.04. The average molecular weight is 481 g/mol. The minimum Gasteiger partial charge on any atom is -0.481 e. The van der Waals surface area contributed by atoms with E-state index in [1.807, 2.05) is 45.0 Å². The van der Waals surface area contributed by atoms with Crippen molar-refractivity contribution in [2.75, 3.05) is 19.7 Å². The minimum atomic E-state index is -0.913. The lowest BCUT2D eigenvalue weighted by atomic mass is 9.95. The number of alkyl carbamates (subject to hydrolysis) is 1. The molecule has 7 nitrogen and oxygen atoms in total. The van der Waals surface area contributed by atoms with Gasteiger partial charge in [0, 0.05) is 19.0 Å². The van der Waals surface area contributed by atoms with Crippen LogP contribution in [0.15, 0.2) is 48.5 Å². The summed E-state index contributed by atoms with van der Waals surface area (Å²) < 4.78 is 5.58. The van der Waals surface area contributed by atoms with Gasteiger partial charge < -0.3 is 20.5 Å². The second-order valence-corrected chi connectivity index (χ2v) is 9.60. The number of ether oxygens (including phenoxy) is 1. The van der Waals surface area contributed by atoms with E-state index in [0.717, 1.165) is 28.7 Å². The zero-order valence-corrected chi connectivity index (χ0v) is 20.8. The fourth-order valence-electron chi connectivity index (χ4n) is 4.74. The van der Waals surface area contributed by atoms with Gasteiger partial charge in [0.1, 0.15) is 6.61 Å². The van der Waals surface area contributed by atoms with E-state index in [1.54, 1.807) is 0 Å². The van der Waals surface area contributed by atoms with Gasteiger partial charge in [0.25, 0.3) is 0 Å². The molecular formula is C28H36N2O5. The van der Waals surface area contributed by atoms with Gasteiger partial charge in [-0.05, 0) is 41.0 Å². The quantitative estimate of drug-likeness (QED) is 0.405. The highest BCUT2D eigenvalue weighted by Crippen LogP contribution is 2.44. The van der Waals surface area contributed by atoms with Crippen LogP contribution in [0.4, 0.5) is 4.79 Å². The van der Waals surface area contributed by atoms with E-state index in [2.05, 4.69) is 34.9 Å². The molecule has 3 N–H and O–H groups in total. The highest BCUT2D eigenvalue weighted by molar-refractivity contribution is 5.81. The van der Waals surface area contributed by atoms with Crippen LogP contribution in [0, 0.1) is 17.8 Å². The molecule has 2 aromatic carbocycles. The Balaban J connectivity index is 1.55. The lowest BCUT2D eigenvalue weighted by Gasteiger charge is -2.21. The number of carbonyl (C=O) groups is 3. The van der Waals surface area contributed by atoms with Crippen LogP contribution in [-0.2, 0) is 14.3 Å². The molecule has 0 spiro atoms. The lowest BCUT2D eigenvalue weighted by Crippen LogP contribution is -2.42. The van der Waals surface area contributed by atoms with Gasteiger partial charge in [-0.25, -0.2) is 4.79 Å². The van der Waals surface area contributed by atoms with E-state index in [4.69, 9.17) is 4.74 Å². The van der Waals surface area contributed by atoms with Gasteiger partial charge in [-0.1, -0.05) is 75.7 Å². The Hall–Kier alpha value is -3.35. The number of aliphatic carboxylic acids is 1. The molecule has 188 valence electrons. The first-order chi connectivity index (χ1) is 16.8. The Morgan fingerprint density at radius 2 is 1.49 bits per heavy atom. The second-order valence-electron chi connectivity index (χ2n) is 9.60. The molecule has 0 fully saturated rings. The van der Waals surface area contributed by atoms with Crippen LogP contribution in [0.5, 0.6) is 0 Å². The predicted molar refractivity (Wildman–Crippen MR) is 135 cm³/mol. The third kappa shape index (κ3) is 6.84. The summed E-state index contributed by atoms with van der Waals surface area (Å²) in [6.07, 6.45) is 1.23. The third-order valence-corrected chi connectivity index (χ3v) is 6.47. The van der Waals surface area contributed by atoms with E-state index < -0.39 is 23.9 Å². The first-order valence-corrected chi connectivity index (χ1v) is 12.4. The fraction of sp³-hybridized carbons (Fsp3) is 0.464. The van der Waals surface area contributed by atoms with Gasteiger partial charge in [0.2, 0.25) is 5.91 Å². The molecule has 2 atom stereocenters. The van der Waals surface area contributed by atoms with Gasteiger partial charge >= 0.3 is 12.1 Å². The maximum atomic E-state index is 12.8. The summed E-state index contributed by atoms with van der Waals surface area (Å²) in [7, 11) is 0. The Morgan fingerprint density at radius 3 is 2.03 bits per heavy atom. The number of amides is 2. The van der Waals surface area contributed by atoms with Crippen molar-refractivity contribution >= 4 is 18.0 Å². The van der Waals surface area contributed by atoms with Crippen LogP contribution in [0.2, 0.25) is 0 Å². The molecule has 2 unspecified atom stereocenters. The molecule has 0 heterocycles. The van der Waals surface area contributed by atoms with Crippen LogP contribution in [-0.4, -0.2) is 42.8 Å². The summed E-state index contributed by atoms with van der Waals surface area (Å²) in [6, 6.07) is 16.3. The number of carboxylic acids is 1. The molecule has 3 rings (SSSR count). The smallest absolute Gasteiger partial charge is 0.407 e. The number of benzene rings is 2. The summed E-state index contributed by atoms with van der Waals surface area (Å²) >= 11 is 0. The van der Waals surface area contributed by atoms with E-state index in [9.17, 15) is 19.5 Å². The highest BCUT2D eigenvalue weighted by atomic mass is 16.5. The van der Waals surface area contributed by atoms with E-state index >= 15 is 0 Å². The largest absolute Gasteiger partial charge is 0.481 e. The molecule has 35 heavy (non-hydrogen) atoms. The lowest BCUT2D eigenvalue weighted by molar-refractivity contribution is -0.142. The summed E-state index contributed by atoms with van der Waals surface area (Å²) in [5.41, 5.74) is 4.60. The molecule has 0 aliphatic heterocycles. The molecule has 7 heteroatoms. The number of rotatable bonds is 12. The van der Waals surface area contributed by atoms with Gasteiger partial charge in [-0.15, -0.1) is 0 Å². The van der Waals surface area contributed by atoms with Crippen molar-refractivity contribution in [3.8, 4) is 11.1 Å². The Bertz CT molecular complexity index is 990. The standard InChI is InChI=1S/C28H36N2O5/c1-4-9-19(27(32)33)15-29-26(31)20(14-18(2)3)16-30-28(34)35-17-25-23-12-7-5-10-21(23)22-11-6-8-13-24(22)25/h5-8,10-13,18-20,25H,4,9,14-17H2,1-3H3,(H,29,31)(H,30,34)(H,32,33). The van der Waals surface area contributed by atoms with Crippen LogP contribution in [0.1, 0.15) is 57.1 Å². The van der Waals surface area contributed by atoms with Gasteiger partial charge in [-0.2, -0.15) is 0 Å². The summed E-state index contributed by atoms with van der Waals surface area (Å²) in [6.45, 7) is 6.35. The Kier molecular flexibility index (Phi) is 9.29. The van der Waals surface area contributed by atoms with Gasteiger partial charge in [0.15, 0.2) is 0 Å². The Labute approximate surface area is 207 Å². The molecule has 0 radical (unpaired) electrons. The molecule has 2 aromatic rings. The SMILES string of the molecule is CCCC(CNC(=O)C(CNC(=O)OCC1c2ccccc2-c2ccccc21)CC(C)C)C(=O)O. The van der Waals surface area contributed by atoms with Crippen molar-refractivity contribution in [3.05, 3.63) is 59.7 Å². The van der Waals surface area contributed by atoms with Crippen LogP contribution in [0.3, 0.4) is 0 Å². The fourth-order valence-corrected chi connectivity index (χ4v) is 4.74. The monoisotopic (exact) mass is 480 g/mol. The van der Waals surface area contributed by atoms with Crippen molar-refractivity contribution in [1.29, 1.82) is 0 Å². The number of carbonyl (C=O) groups excluding carboxylic acids is 2. The normalized spacial score (nSPS) is 14.1. The topological polar surface area (TPSA) is 105 Å². The first-order valence-electron chi connectivity index (χ1n) is 12.4. The first kappa shape index (κ1) is 26.3. The van der Waals surface area contributed by atoms with Crippen LogP contribution >= 0.6 is 0 Å². The Morgan fingerprint density at radius 1 is 0.914 bits per heavy atom. The molecule has 0 bridgehead atoms. The van der Waals surface area contributed by atoms with E-state index in [-0.39, 0.29) is 37.4 Å². The molecule has 2 amide bonds. The molecule has 1 aliphatic carbocycles. The molecular weight excluding hydrogens is 444 g/mol. The molecule has 0 saturated carbocycles. The zero-order valence-electron chi connectivity index (χ0n) is 20.8. The van der Waals surface area contributed by atoms with Gasteiger partial charge in [0.05, 0.1) is 11.8 Å². The van der Waals surface area contributed by atoms with Crippen LogP contribution < -0.4 is 10.6 Å². The molecule has 0 saturated heterocycles. The van der Waals surface area contributed by atoms with Crippen molar-refractivity contribution in [1.82, 2.24) is 10.6 Å². The third-order valence-electron chi connectivity index (χ3n) is 6.47. The summed E-state index contributed by atoms with van der Waals surface area (Å²) in [4.78, 5) is 36.7. The number of hydrogen-bond donors (Lipinski definition) is 3. The van der Waals surface area contributed by atoms with Crippen molar-refractivity contribution in [2.24, 2.45) is 17.8 Å². The maximum absolute atomic E-state index is 12.8. The molecule has 1 aliphatic rings. The number of hydrogen-bond acceptors (Lipinski definition) is 4. The zero-order chi connectivity index (χ0) is 25.4. The second kappa shape index (κ2) is 12.4. The molecule has 0 aromatic heterocycles. The van der Waals surface area contributed by atoms with Gasteiger partial charge in [-0.3, -0.25) is 9.59 Å². The number of nitrogens with one attached hydrogen (secondary N) is 2. The van der Waals surface area contributed by atoms with E-state index in [1.165, 1.54) is 0 Å². The predicted octanol–water partition coefficient (Wildman–Crippen LogP) is 4.80. The number of carboxylic acid groups (broad SMARTS) is 1. The van der Waals surface area contributed by atoms with Crippen molar-refractivity contribution in [2.45, 2.75) is 46.0 Å². The highest BCUT2D eigenvalue weighted by Gasteiger charge is 2.29. The average Bonchev–Trinajstić information content (AvgIpc) is 3.16. The minimum absolute atomic E-state index is 0.0329. The summed E-state index contributed by atoms with van der Waals surface area (Å²) in [5, 5.41) is 14.8. The van der Waals surface area contributed by atoms with Crippen molar-refractivity contribution < 1.29 is 24.2 Å². The number of fused-ring (bicyclic) bond motifs is 3. The van der Waals surface area contributed by atoms with Crippen molar-refractivity contribution in [3.63, 3.8) is 0 Å². The van der Waals surface area contributed by atoms with Crippen LogP contribution in [0.25, 0.3) is 11.1 Å². The maximum Gasteiger partial charge on any atom is 0.407 e. The van der Waals surface area contributed by atoms with E-state index in [0.29, 0.717) is 12.8 Å².